The Bertz CT molecular complexity index is 1660. The number of Topliss-reactive ketones (excluding diaryl/α,β-unsaturated/α-hetero) is 1. The van der Waals surface area contributed by atoms with Crippen molar-refractivity contribution in [2.45, 2.75) is 57.1 Å². The van der Waals surface area contributed by atoms with E-state index in [4.69, 9.17) is 5.73 Å². The molecule has 0 aliphatic rings. The van der Waals surface area contributed by atoms with E-state index in [9.17, 15) is 19.0 Å². The molecule has 0 aliphatic heterocycles. The summed E-state index contributed by atoms with van der Waals surface area (Å²) >= 11 is 0. The fourth-order valence-electron chi connectivity index (χ4n) is 6.21. The maximum Gasteiger partial charge on any atom is 0.217 e. The molecular weight excluding hydrogens is 619 g/mol. The molecule has 48 heavy (non-hydrogen) atoms. The third-order valence-electron chi connectivity index (χ3n) is 8.73. The van der Waals surface area contributed by atoms with Crippen LogP contribution in [0.2, 0.25) is 0 Å². The number of nitrogens with one attached hydrogen (secondary N) is 2. The van der Waals surface area contributed by atoms with Crippen LogP contribution < -0.4 is 16.4 Å². The number of nitrogens with zero attached hydrogens (tertiary/aromatic N) is 1. The van der Waals surface area contributed by atoms with Crippen molar-refractivity contribution in [1.82, 2.24) is 10.6 Å². The molecule has 0 saturated heterocycles. The van der Waals surface area contributed by atoms with Crippen LogP contribution in [-0.2, 0) is 33.4 Å². The summed E-state index contributed by atoms with van der Waals surface area (Å²) in [5.74, 6) is -0.660. The number of aliphatic imine (C=N–C) groups is 1. The molecule has 8 nitrogen and oxygen atoms in total. The number of rotatable bonds is 20. The summed E-state index contributed by atoms with van der Waals surface area (Å²) in [5.41, 5.74) is 7.69. The maximum absolute atomic E-state index is 14.4. The standard InChI is InChI=1S/C39H49N4O4P/c1-30(44)43-38(25-32-13-6-3-7-14-32)39(45)26-37(24-31-11-4-2-5-12-31)48(46,47)28-34(15-10-21-42-29-40)27-41-22-20-33-18-19-35-16-8-9-17-36(35)23-33/h2-9,11-14,16-19,23,29,34,37-38,41H,10,15,20-22,24-28H2,1H3,(H2,40,42)(H,43,44)(H,46,47)/t34-,37-,38-/m0/s1. The highest BCUT2D eigenvalue weighted by Gasteiger charge is 2.36. The Morgan fingerprint density at radius 2 is 1.52 bits per heavy atom. The predicted molar refractivity (Wildman–Crippen MR) is 197 cm³/mol. The van der Waals surface area contributed by atoms with Crippen molar-refractivity contribution in [3.05, 3.63) is 120 Å². The highest BCUT2D eigenvalue weighted by molar-refractivity contribution is 7.58. The van der Waals surface area contributed by atoms with E-state index in [1.54, 1.807) is 0 Å². The first-order valence-electron chi connectivity index (χ1n) is 16.8. The Labute approximate surface area is 284 Å². The van der Waals surface area contributed by atoms with Crippen LogP contribution in [0.3, 0.4) is 0 Å². The molecule has 0 heterocycles. The number of benzene rings is 4. The second-order valence-electron chi connectivity index (χ2n) is 12.6. The second-order valence-corrected chi connectivity index (χ2v) is 15.2. The molecule has 1 amide bonds. The Morgan fingerprint density at radius 3 is 2.19 bits per heavy atom. The molecule has 1 unspecified atom stereocenters. The van der Waals surface area contributed by atoms with E-state index in [-0.39, 0.29) is 36.6 Å². The lowest BCUT2D eigenvalue weighted by Gasteiger charge is -2.28. The van der Waals surface area contributed by atoms with E-state index in [1.807, 2.05) is 72.8 Å². The van der Waals surface area contributed by atoms with Gasteiger partial charge in [-0.25, -0.2) is 0 Å². The van der Waals surface area contributed by atoms with Crippen molar-refractivity contribution in [2.75, 3.05) is 25.8 Å². The van der Waals surface area contributed by atoms with Gasteiger partial charge in [0.25, 0.3) is 0 Å². The molecule has 0 saturated carbocycles. The van der Waals surface area contributed by atoms with E-state index in [0.29, 0.717) is 25.9 Å². The molecule has 9 heteroatoms. The first kappa shape index (κ1) is 36.7. The third kappa shape index (κ3) is 12.2. The lowest BCUT2D eigenvalue weighted by molar-refractivity contribution is -0.126. The molecule has 4 atom stereocenters. The van der Waals surface area contributed by atoms with Crippen molar-refractivity contribution in [3.8, 4) is 0 Å². The van der Waals surface area contributed by atoms with Gasteiger partial charge in [0.15, 0.2) is 5.78 Å². The molecule has 0 aliphatic carbocycles. The molecular formula is C39H49N4O4P. The number of nitrogens with two attached hydrogens (primary N) is 1. The number of hydrogen-bond acceptors (Lipinski definition) is 5. The van der Waals surface area contributed by atoms with Crippen LogP contribution in [0.1, 0.15) is 42.9 Å². The van der Waals surface area contributed by atoms with Crippen LogP contribution in [0.25, 0.3) is 10.8 Å². The lowest BCUT2D eigenvalue weighted by atomic mass is 9.97. The Morgan fingerprint density at radius 1 is 0.875 bits per heavy atom. The largest absolute Gasteiger partial charge is 0.390 e. The van der Waals surface area contributed by atoms with Crippen LogP contribution in [-0.4, -0.2) is 60.4 Å². The van der Waals surface area contributed by atoms with Crippen molar-refractivity contribution in [2.24, 2.45) is 16.6 Å². The molecule has 0 spiro atoms. The lowest BCUT2D eigenvalue weighted by Crippen LogP contribution is -2.42. The fourth-order valence-corrected chi connectivity index (χ4v) is 8.53. The average Bonchev–Trinajstić information content (AvgIpc) is 3.08. The second kappa shape index (κ2) is 19.0. The molecule has 4 aromatic rings. The first-order chi connectivity index (χ1) is 23.2. The minimum absolute atomic E-state index is 0.0799. The van der Waals surface area contributed by atoms with Crippen LogP contribution in [0, 0.1) is 5.92 Å². The zero-order valence-electron chi connectivity index (χ0n) is 27.8. The molecule has 0 radical (unpaired) electrons. The minimum Gasteiger partial charge on any atom is -0.390 e. The van der Waals surface area contributed by atoms with Gasteiger partial charge >= 0.3 is 0 Å². The van der Waals surface area contributed by atoms with Crippen molar-refractivity contribution < 1.29 is 19.0 Å². The van der Waals surface area contributed by atoms with Crippen LogP contribution in [0.15, 0.2) is 108 Å². The van der Waals surface area contributed by atoms with E-state index < -0.39 is 19.1 Å². The van der Waals surface area contributed by atoms with E-state index >= 15 is 0 Å². The summed E-state index contributed by atoms with van der Waals surface area (Å²) in [6.45, 7) is 3.23. The molecule has 4 aromatic carbocycles. The summed E-state index contributed by atoms with van der Waals surface area (Å²) in [5, 5.41) is 8.74. The van der Waals surface area contributed by atoms with Crippen molar-refractivity contribution in [1.29, 1.82) is 0 Å². The molecule has 5 N–H and O–H groups in total. The van der Waals surface area contributed by atoms with Gasteiger partial charge in [0.1, 0.15) is 0 Å². The van der Waals surface area contributed by atoms with Crippen LogP contribution in [0.4, 0.5) is 0 Å². The van der Waals surface area contributed by atoms with Crippen LogP contribution in [0.5, 0.6) is 0 Å². The highest BCUT2D eigenvalue weighted by Crippen LogP contribution is 2.51. The van der Waals surface area contributed by atoms with Crippen LogP contribution >= 0.6 is 7.37 Å². The summed E-state index contributed by atoms with van der Waals surface area (Å²) in [6, 6.07) is 33.0. The van der Waals surface area contributed by atoms with Gasteiger partial charge in [-0.05, 0) is 78.6 Å². The smallest absolute Gasteiger partial charge is 0.217 e. The number of ketones is 1. The quantitative estimate of drug-likeness (QED) is 0.0399. The number of hydrogen-bond donors (Lipinski definition) is 4. The predicted octanol–water partition coefficient (Wildman–Crippen LogP) is 5.94. The van der Waals surface area contributed by atoms with Gasteiger partial charge in [-0.2, -0.15) is 0 Å². The van der Waals surface area contributed by atoms with Gasteiger partial charge in [0, 0.05) is 31.7 Å². The molecule has 0 bridgehead atoms. The van der Waals surface area contributed by atoms with Gasteiger partial charge in [-0.15, -0.1) is 0 Å². The van der Waals surface area contributed by atoms with E-state index in [0.717, 1.165) is 30.5 Å². The van der Waals surface area contributed by atoms with Gasteiger partial charge < -0.3 is 21.3 Å². The molecule has 254 valence electrons. The Kier molecular flexibility index (Phi) is 14.6. The third-order valence-corrected chi connectivity index (χ3v) is 11.3. The summed E-state index contributed by atoms with van der Waals surface area (Å²) in [7, 11) is -3.86. The van der Waals surface area contributed by atoms with Gasteiger partial charge in [-0.1, -0.05) is 103 Å². The van der Waals surface area contributed by atoms with E-state index in [2.05, 4.69) is 46.0 Å². The molecule has 0 aromatic heterocycles. The normalized spacial score (nSPS) is 14.7. The number of amides is 1. The monoisotopic (exact) mass is 668 g/mol. The Hall–Kier alpha value is -4.10. The van der Waals surface area contributed by atoms with Gasteiger partial charge in [0.2, 0.25) is 13.3 Å². The minimum atomic E-state index is -3.86. The van der Waals surface area contributed by atoms with Crippen molar-refractivity contribution in [3.63, 3.8) is 0 Å². The molecule has 0 fully saturated rings. The topological polar surface area (TPSA) is 134 Å². The molecule has 4 rings (SSSR count). The fraction of sp³-hybridized carbons (Fsp3) is 0.359. The summed E-state index contributed by atoms with van der Waals surface area (Å²) < 4.78 is 14.4. The number of fused-ring (bicyclic) bond motifs is 1. The Balaban J connectivity index is 1.47. The zero-order valence-corrected chi connectivity index (χ0v) is 28.7. The average molecular weight is 669 g/mol. The highest BCUT2D eigenvalue weighted by atomic mass is 31.2. The summed E-state index contributed by atoms with van der Waals surface area (Å²) in [4.78, 5) is 41.8. The number of carbonyl (C=O) groups excluding carboxylic acids is 2. The van der Waals surface area contributed by atoms with Crippen molar-refractivity contribution >= 4 is 36.2 Å². The number of carbonyl (C=O) groups is 2. The van der Waals surface area contributed by atoms with Gasteiger partial charge in [-0.3, -0.25) is 19.1 Å². The summed E-state index contributed by atoms with van der Waals surface area (Å²) in [6.07, 6.45) is 4.13. The maximum atomic E-state index is 14.4. The van der Waals surface area contributed by atoms with Gasteiger partial charge in [0.05, 0.1) is 12.4 Å². The first-order valence-corrected chi connectivity index (χ1v) is 18.7. The van der Waals surface area contributed by atoms with E-state index in [1.165, 1.54) is 29.6 Å². The SMILES string of the molecule is CC(=O)N[C@@H](Cc1ccccc1)C(=O)C[C@H](Cc1ccccc1)P(=O)(O)C[C@@H](CCCN=CN)CNCCc1ccc2ccccc2c1. The zero-order chi connectivity index (χ0) is 34.2.